The van der Waals surface area contributed by atoms with Crippen LogP contribution in [-0.2, 0) is 16.6 Å². The van der Waals surface area contributed by atoms with Crippen LogP contribution in [0.25, 0.3) is 10.9 Å². The highest BCUT2D eigenvalue weighted by Crippen LogP contribution is 2.33. The lowest BCUT2D eigenvalue weighted by Crippen LogP contribution is -2.18. The number of H-pyrrole nitrogens is 1. The highest BCUT2D eigenvalue weighted by atomic mass is 32.2. The Hall–Kier alpha value is -3.62. The summed E-state index contributed by atoms with van der Waals surface area (Å²) >= 11 is 0. The standard InChI is InChI=1S/C29H32N4O3S/c1-2-18-37(35,36)32-24-14-15-26-25(19-24)27(29(34)31-26)28(22-8-4-3-5-9-22)30-23-12-10-21(11-13-23)20-33-16-6-7-17-33/h3-5,8-15,19,31-32,34H,2,6-7,16-18,20H2,1H3. The quantitative estimate of drug-likeness (QED) is 0.245. The van der Waals surface area contributed by atoms with Crippen molar-refractivity contribution in [2.75, 3.05) is 23.6 Å². The number of aromatic hydroxyl groups is 1. The van der Waals surface area contributed by atoms with Gasteiger partial charge in [-0.1, -0.05) is 49.4 Å². The second kappa shape index (κ2) is 10.8. The highest BCUT2D eigenvalue weighted by molar-refractivity contribution is 7.92. The van der Waals surface area contributed by atoms with Gasteiger partial charge in [0.15, 0.2) is 5.88 Å². The van der Waals surface area contributed by atoms with Gasteiger partial charge in [0.05, 0.1) is 22.7 Å². The average molecular weight is 517 g/mol. The van der Waals surface area contributed by atoms with Crippen LogP contribution in [0.4, 0.5) is 11.4 Å². The lowest BCUT2D eigenvalue weighted by Gasteiger charge is -2.14. The predicted molar refractivity (Wildman–Crippen MR) is 150 cm³/mol. The van der Waals surface area contributed by atoms with E-state index in [0.717, 1.165) is 30.9 Å². The molecule has 8 heteroatoms. The van der Waals surface area contributed by atoms with Crippen LogP contribution < -0.4 is 4.72 Å². The van der Waals surface area contributed by atoms with Crippen molar-refractivity contribution in [1.82, 2.24) is 9.88 Å². The van der Waals surface area contributed by atoms with Crippen LogP contribution in [0, 0.1) is 0 Å². The Bertz CT molecular complexity index is 1500. The Morgan fingerprint density at radius 2 is 1.76 bits per heavy atom. The molecule has 192 valence electrons. The van der Waals surface area contributed by atoms with E-state index in [1.54, 1.807) is 18.2 Å². The minimum Gasteiger partial charge on any atom is -0.494 e. The van der Waals surface area contributed by atoms with Crippen molar-refractivity contribution in [3.8, 4) is 5.88 Å². The minimum absolute atomic E-state index is 0.0168. The lowest BCUT2D eigenvalue weighted by atomic mass is 10.0. The molecular weight excluding hydrogens is 484 g/mol. The summed E-state index contributed by atoms with van der Waals surface area (Å²) in [7, 11) is -3.45. The fourth-order valence-electron chi connectivity index (χ4n) is 4.84. The molecule has 1 aliphatic heterocycles. The second-order valence-corrected chi connectivity index (χ2v) is 11.3. The van der Waals surface area contributed by atoms with Crippen molar-refractivity contribution < 1.29 is 13.5 Å². The largest absolute Gasteiger partial charge is 0.494 e. The van der Waals surface area contributed by atoms with Crippen LogP contribution in [0.3, 0.4) is 0 Å². The number of aromatic nitrogens is 1. The zero-order valence-electron chi connectivity index (χ0n) is 20.9. The van der Waals surface area contributed by atoms with E-state index in [2.05, 4.69) is 26.7 Å². The van der Waals surface area contributed by atoms with E-state index in [0.29, 0.717) is 34.3 Å². The molecule has 0 amide bonds. The number of hydrogen-bond donors (Lipinski definition) is 3. The molecule has 0 bridgehead atoms. The lowest BCUT2D eigenvalue weighted by molar-refractivity contribution is 0.331. The van der Waals surface area contributed by atoms with Gasteiger partial charge in [-0.2, -0.15) is 0 Å². The summed E-state index contributed by atoms with van der Waals surface area (Å²) in [6.45, 7) is 5.06. The number of fused-ring (bicyclic) bond motifs is 1. The predicted octanol–water partition coefficient (Wildman–Crippen LogP) is 5.79. The molecule has 1 aromatic heterocycles. The molecule has 1 fully saturated rings. The van der Waals surface area contributed by atoms with Gasteiger partial charge in [-0.05, 0) is 68.2 Å². The number of aliphatic imine (C=N–C) groups is 1. The molecule has 37 heavy (non-hydrogen) atoms. The van der Waals surface area contributed by atoms with E-state index in [-0.39, 0.29) is 11.6 Å². The SMILES string of the molecule is CCCS(=O)(=O)Nc1ccc2[nH]c(O)c(C(=Nc3ccc(CN4CCCC4)cc3)c3ccccc3)c2c1. The van der Waals surface area contributed by atoms with E-state index in [1.807, 2.05) is 49.4 Å². The van der Waals surface area contributed by atoms with Gasteiger partial charge in [-0.25, -0.2) is 13.4 Å². The van der Waals surface area contributed by atoms with Gasteiger partial charge in [-0.15, -0.1) is 0 Å². The van der Waals surface area contributed by atoms with Crippen molar-refractivity contribution >= 4 is 38.0 Å². The van der Waals surface area contributed by atoms with Crippen LogP contribution in [0.2, 0.25) is 0 Å². The number of hydrogen-bond acceptors (Lipinski definition) is 5. The van der Waals surface area contributed by atoms with Gasteiger partial charge in [0.25, 0.3) is 0 Å². The van der Waals surface area contributed by atoms with Crippen LogP contribution >= 0.6 is 0 Å². The van der Waals surface area contributed by atoms with Crippen LogP contribution in [0.5, 0.6) is 5.88 Å². The number of rotatable bonds is 9. The first kappa shape index (κ1) is 25.0. The van der Waals surface area contributed by atoms with E-state index >= 15 is 0 Å². The maximum absolute atomic E-state index is 12.4. The molecule has 2 heterocycles. The number of nitrogens with zero attached hydrogens (tertiary/aromatic N) is 2. The van der Waals surface area contributed by atoms with Crippen LogP contribution in [0.15, 0.2) is 77.8 Å². The summed E-state index contributed by atoms with van der Waals surface area (Å²) < 4.78 is 27.4. The Balaban J connectivity index is 1.55. The third-order valence-corrected chi connectivity index (χ3v) is 8.08. The van der Waals surface area contributed by atoms with Gasteiger partial charge in [0.2, 0.25) is 10.0 Å². The molecule has 0 aliphatic carbocycles. The molecule has 0 spiro atoms. The Labute approximate surface area is 217 Å². The monoisotopic (exact) mass is 516 g/mol. The summed E-state index contributed by atoms with van der Waals surface area (Å²) in [4.78, 5) is 10.5. The first-order valence-corrected chi connectivity index (χ1v) is 14.4. The third-order valence-electron chi connectivity index (χ3n) is 6.59. The summed E-state index contributed by atoms with van der Waals surface area (Å²) in [6.07, 6.45) is 3.05. The van der Waals surface area contributed by atoms with E-state index in [9.17, 15) is 13.5 Å². The number of benzene rings is 3. The third kappa shape index (κ3) is 5.87. The molecule has 3 aromatic carbocycles. The van der Waals surface area contributed by atoms with Gasteiger partial charge in [-0.3, -0.25) is 9.62 Å². The zero-order chi connectivity index (χ0) is 25.8. The molecule has 1 aliphatic rings. The Morgan fingerprint density at radius 1 is 1.03 bits per heavy atom. The number of likely N-dealkylation sites (tertiary alicyclic amines) is 1. The number of aromatic amines is 1. The average Bonchev–Trinajstić information content (AvgIpc) is 3.50. The molecule has 1 saturated heterocycles. The molecular formula is C29H32N4O3S. The van der Waals surface area contributed by atoms with Gasteiger partial charge >= 0.3 is 0 Å². The Kier molecular flexibility index (Phi) is 7.30. The zero-order valence-corrected chi connectivity index (χ0v) is 21.8. The topological polar surface area (TPSA) is 97.8 Å². The number of anilines is 1. The molecule has 0 radical (unpaired) electrons. The fraction of sp³-hybridized carbons (Fsp3) is 0.276. The molecule has 4 aromatic rings. The van der Waals surface area contributed by atoms with Crippen molar-refractivity contribution in [2.45, 2.75) is 32.7 Å². The Morgan fingerprint density at radius 3 is 2.46 bits per heavy atom. The number of sulfonamides is 1. The van der Waals surface area contributed by atoms with Crippen LogP contribution in [-0.4, -0.2) is 48.0 Å². The molecule has 3 N–H and O–H groups in total. The first-order chi connectivity index (χ1) is 17.9. The van der Waals surface area contributed by atoms with Gasteiger partial charge in [0.1, 0.15) is 0 Å². The summed E-state index contributed by atoms with van der Waals surface area (Å²) in [5.41, 5.74) is 5.13. The van der Waals surface area contributed by atoms with Gasteiger partial charge < -0.3 is 10.1 Å². The highest BCUT2D eigenvalue weighted by Gasteiger charge is 2.20. The fourth-order valence-corrected chi connectivity index (χ4v) is 5.97. The van der Waals surface area contributed by atoms with E-state index in [1.165, 1.54) is 18.4 Å². The van der Waals surface area contributed by atoms with Crippen LogP contribution in [0.1, 0.15) is 42.9 Å². The van der Waals surface area contributed by atoms with Crippen molar-refractivity contribution in [1.29, 1.82) is 0 Å². The summed E-state index contributed by atoms with van der Waals surface area (Å²) in [5, 5.41) is 11.7. The molecule has 0 saturated carbocycles. The smallest absolute Gasteiger partial charge is 0.232 e. The first-order valence-electron chi connectivity index (χ1n) is 12.7. The van der Waals surface area contributed by atoms with Crippen molar-refractivity contribution in [3.05, 3.63) is 89.5 Å². The molecule has 5 rings (SSSR count). The van der Waals surface area contributed by atoms with Gasteiger partial charge in [0, 0.05) is 28.7 Å². The van der Waals surface area contributed by atoms with Crippen molar-refractivity contribution in [2.24, 2.45) is 4.99 Å². The maximum Gasteiger partial charge on any atom is 0.232 e. The van der Waals surface area contributed by atoms with E-state index in [4.69, 9.17) is 4.99 Å². The van der Waals surface area contributed by atoms with E-state index < -0.39 is 10.0 Å². The normalized spacial score (nSPS) is 14.9. The summed E-state index contributed by atoms with van der Waals surface area (Å²) in [5.74, 6) is 0.0256. The minimum atomic E-state index is -3.45. The second-order valence-electron chi connectivity index (χ2n) is 9.51. The molecule has 7 nitrogen and oxygen atoms in total. The molecule has 0 unspecified atom stereocenters. The summed E-state index contributed by atoms with van der Waals surface area (Å²) in [6, 6.07) is 23.1. The maximum atomic E-state index is 12.4. The molecule has 0 atom stereocenters. The number of nitrogens with one attached hydrogen (secondary N) is 2. The van der Waals surface area contributed by atoms with Crippen molar-refractivity contribution in [3.63, 3.8) is 0 Å².